The van der Waals surface area contributed by atoms with E-state index in [-0.39, 0.29) is 39.2 Å². The van der Waals surface area contributed by atoms with Crippen LogP contribution in [0, 0.1) is 13.8 Å². The highest BCUT2D eigenvalue weighted by atomic mass is 15.2. The third-order valence-electron chi connectivity index (χ3n) is 18.5. The highest BCUT2D eigenvalue weighted by Crippen LogP contribution is 2.60. The summed E-state index contributed by atoms with van der Waals surface area (Å²) in [5.41, 5.74) is 30.9. The summed E-state index contributed by atoms with van der Waals surface area (Å²) in [5, 5.41) is 0. The van der Waals surface area contributed by atoms with E-state index in [4.69, 9.17) is 0 Å². The van der Waals surface area contributed by atoms with E-state index in [1.807, 2.05) is 0 Å². The zero-order valence-electron chi connectivity index (χ0n) is 53.2. The zero-order valence-corrected chi connectivity index (χ0v) is 53.2. The summed E-state index contributed by atoms with van der Waals surface area (Å²) >= 11 is 0. The van der Waals surface area contributed by atoms with E-state index >= 15 is 0 Å². The summed E-state index contributed by atoms with van der Waals surface area (Å²) in [6.07, 6.45) is 0. The van der Waals surface area contributed by atoms with Gasteiger partial charge in [0.1, 0.15) is 0 Å². The molecule has 0 atom stereocenters. The van der Waals surface area contributed by atoms with Crippen LogP contribution in [0.25, 0.3) is 22.3 Å². The Morgan fingerprint density at radius 2 is 0.819 bits per heavy atom. The molecule has 0 bridgehead atoms. The van der Waals surface area contributed by atoms with Crippen molar-refractivity contribution in [2.45, 2.75) is 164 Å². The lowest BCUT2D eigenvalue weighted by atomic mass is 9.33. The van der Waals surface area contributed by atoms with Crippen LogP contribution in [-0.2, 0) is 32.5 Å². The standard InChI is InChI=1S/C79H86BN3/c1-49-42-50(2)44-51(43-49)52-45-68-72-69(46-52)83(61-39-30-56(31-40-61)77(12,13)14)73-65(80(72)64-47-57(78(15,16)17)32-41-66(64)82(68)60-37-28-55(29-38-60)76(9,10)11)48-67(71-70(73)62-22-20-21-23-63(62)79(71,18)19)81(58-33-24-53(25-34-58)74(3,4)5)59-35-26-54(27-36-59)75(6,7)8/h20-48H,1-19H3. The Bertz CT molecular complexity index is 3930. The number of nitrogens with zero attached hydrogens (tertiary/aromatic N) is 3. The predicted molar refractivity (Wildman–Crippen MR) is 361 cm³/mol. The highest BCUT2D eigenvalue weighted by Gasteiger charge is 2.50. The van der Waals surface area contributed by atoms with Crippen LogP contribution >= 0.6 is 0 Å². The first-order valence-electron chi connectivity index (χ1n) is 30.4. The smallest absolute Gasteiger partial charge is 0.252 e. The van der Waals surface area contributed by atoms with Crippen molar-refractivity contribution in [1.82, 2.24) is 0 Å². The van der Waals surface area contributed by atoms with E-state index in [1.54, 1.807) is 0 Å². The van der Waals surface area contributed by atoms with Crippen molar-refractivity contribution >= 4 is 74.3 Å². The Labute approximate surface area is 498 Å². The van der Waals surface area contributed by atoms with Crippen LogP contribution in [0.1, 0.15) is 168 Å². The zero-order chi connectivity index (χ0) is 59.2. The van der Waals surface area contributed by atoms with Gasteiger partial charge in [-0.15, -0.1) is 0 Å². The average molecular weight is 1090 g/mol. The number of benzene rings is 9. The van der Waals surface area contributed by atoms with Crippen LogP contribution in [0.2, 0.25) is 0 Å². The minimum absolute atomic E-state index is 0.00218. The molecule has 9 aromatic carbocycles. The van der Waals surface area contributed by atoms with Gasteiger partial charge in [-0.25, -0.2) is 0 Å². The summed E-state index contributed by atoms with van der Waals surface area (Å²) < 4.78 is 0. The Morgan fingerprint density at radius 1 is 0.398 bits per heavy atom. The van der Waals surface area contributed by atoms with Crippen molar-refractivity contribution in [2.75, 3.05) is 14.7 Å². The van der Waals surface area contributed by atoms with Crippen molar-refractivity contribution in [3.63, 3.8) is 0 Å². The maximum atomic E-state index is 2.70. The van der Waals surface area contributed by atoms with Gasteiger partial charge < -0.3 is 14.7 Å². The number of aryl methyl sites for hydroxylation is 2. The Kier molecular flexibility index (Phi) is 13.0. The Balaban J connectivity index is 1.28. The van der Waals surface area contributed by atoms with Gasteiger partial charge in [-0.1, -0.05) is 232 Å². The molecule has 0 spiro atoms. The molecule has 4 heteroatoms. The first-order chi connectivity index (χ1) is 38.9. The summed E-state index contributed by atoms with van der Waals surface area (Å²) in [5.74, 6) is 0. The van der Waals surface area contributed by atoms with Gasteiger partial charge in [0.05, 0.1) is 5.69 Å². The molecule has 0 aromatic heterocycles. The Morgan fingerprint density at radius 3 is 1.30 bits per heavy atom. The van der Waals surface area contributed by atoms with Gasteiger partial charge >= 0.3 is 0 Å². The Hall–Kier alpha value is -7.56. The van der Waals surface area contributed by atoms with Gasteiger partial charge in [-0.2, -0.15) is 0 Å². The van der Waals surface area contributed by atoms with Crippen molar-refractivity contribution in [3.8, 4) is 22.3 Å². The number of anilines is 9. The SMILES string of the molecule is Cc1cc(C)cc(-c2cc3c4c(c2)N(c2ccc(C(C)(C)C)cc2)c2c(cc(N(c5ccc(C(C)(C)C)cc5)c5ccc(C(C)(C)C)cc5)c5c2-c2ccccc2C5(C)C)B4c2cc(C(C)(C)C)ccc2N3c2ccc(C(C)(C)C)cc2)c1. The predicted octanol–water partition coefficient (Wildman–Crippen LogP) is 20.3. The molecule has 0 saturated heterocycles. The fraction of sp³-hybridized carbons (Fsp3) is 0.316. The van der Waals surface area contributed by atoms with Crippen molar-refractivity contribution in [3.05, 3.63) is 226 Å². The lowest BCUT2D eigenvalue weighted by Gasteiger charge is -2.46. The number of hydrogen-bond donors (Lipinski definition) is 0. The molecule has 3 aliphatic rings. The maximum Gasteiger partial charge on any atom is 0.252 e. The molecule has 0 saturated carbocycles. The lowest BCUT2D eigenvalue weighted by molar-refractivity contribution is 0.590. The lowest BCUT2D eigenvalue weighted by Crippen LogP contribution is -2.61. The van der Waals surface area contributed by atoms with Gasteiger partial charge in [0.15, 0.2) is 0 Å². The van der Waals surface area contributed by atoms with Gasteiger partial charge in [0, 0.05) is 56.5 Å². The average Bonchev–Trinajstić information content (AvgIpc) is 1.70. The van der Waals surface area contributed by atoms with Crippen LogP contribution in [0.5, 0.6) is 0 Å². The second-order valence-electron chi connectivity index (χ2n) is 30.2. The van der Waals surface area contributed by atoms with E-state index in [2.05, 4.69) is 322 Å². The van der Waals surface area contributed by atoms with Crippen LogP contribution < -0.4 is 31.1 Å². The molecular weight excluding hydrogens is 1000 g/mol. The summed E-state index contributed by atoms with van der Waals surface area (Å²) in [7, 11) is 0. The van der Waals surface area contributed by atoms with E-state index < -0.39 is 0 Å². The molecular formula is C79H86BN3. The molecule has 0 amide bonds. The monoisotopic (exact) mass is 1090 g/mol. The van der Waals surface area contributed by atoms with Crippen molar-refractivity contribution in [1.29, 1.82) is 0 Å². The van der Waals surface area contributed by atoms with Gasteiger partial charge in [-0.3, -0.25) is 0 Å². The first kappa shape index (κ1) is 56.0. The summed E-state index contributed by atoms with van der Waals surface area (Å²) in [6, 6.07) is 69.5. The first-order valence-corrected chi connectivity index (χ1v) is 30.4. The minimum atomic E-state index is -0.390. The second-order valence-corrected chi connectivity index (χ2v) is 30.2. The highest BCUT2D eigenvalue weighted by molar-refractivity contribution is 7.00. The van der Waals surface area contributed by atoms with Gasteiger partial charge in [0.25, 0.3) is 6.71 Å². The van der Waals surface area contributed by atoms with Crippen molar-refractivity contribution < 1.29 is 0 Å². The quantitative estimate of drug-likeness (QED) is 0.154. The van der Waals surface area contributed by atoms with E-state index in [0.717, 1.165) is 22.7 Å². The number of hydrogen-bond acceptors (Lipinski definition) is 3. The van der Waals surface area contributed by atoms with E-state index in [1.165, 1.54) is 117 Å². The van der Waals surface area contributed by atoms with Crippen LogP contribution in [0.4, 0.5) is 51.2 Å². The number of rotatable bonds is 6. The molecule has 0 fully saturated rings. The molecule has 0 N–H and O–H groups in total. The fourth-order valence-electron chi connectivity index (χ4n) is 13.8. The third kappa shape index (κ3) is 9.53. The van der Waals surface area contributed by atoms with Crippen LogP contribution in [0.3, 0.4) is 0 Å². The largest absolute Gasteiger partial charge is 0.311 e. The fourth-order valence-corrected chi connectivity index (χ4v) is 13.8. The van der Waals surface area contributed by atoms with Crippen LogP contribution in [-0.4, -0.2) is 6.71 Å². The van der Waals surface area contributed by atoms with Crippen LogP contribution in [0.15, 0.2) is 176 Å². The molecule has 2 aliphatic heterocycles. The summed E-state index contributed by atoms with van der Waals surface area (Å²) in [4.78, 5) is 7.91. The van der Waals surface area contributed by atoms with E-state index in [9.17, 15) is 0 Å². The molecule has 420 valence electrons. The molecule has 0 radical (unpaired) electrons. The molecule has 3 nitrogen and oxygen atoms in total. The van der Waals surface area contributed by atoms with Gasteiger partial charge in [-0.05, 0) is 186 Å². The number of fused-ring (bicyclic) bond motifs is 8. The molecule has 12 rings (SSSR count). The third-order valence-corrected chi connectivity index (χ3v) is 18.5. The van der Waals surface area contributed by atoms with E-state index in [0.29, 0.717) is 0 Å². The summed E-state index contributed by atoms with van der Waals surface area (Å²) in [6.45, 7) is 44.2. The normalized spacial score (nSPS) is 14.5. The second kappa shape index (κ2) is 19.2. The topological polar surface area (TPSA) is 9.72 Å². The maximum absolute atomic E-state index is 2.70. The van der Waals surface area contributed by atoms with Gasteiger partial charge in [0.2, 0.25) is 0 Å². The molecule has 2 heterocycles. The molecule has 9 aromatic rings. The molecule has 83 heavy (non-hydrogen) atoms. The molecule has 0 unspecified atom stereocenters. The molecule has 1 aliphatic carbocycles. The van der Waals surface area contributed by atoms with Crippen molar-refractivity contribution in [2.24, 2.45) is 0 Å². The minimum Gasteiger partial charge on any atom is -0.311 e.